The minimum Gasteiger partial charge on any atom is -0.462 e. The van der Waals surface area contributed by atoms with E-state index >= 15 is 0 Å². The van der Waals surface area contributed by atoms with E-state index in [9.17, 15) is 4.79 Å². The number of aliphatic hydroxyl groups excluding tert-OH is 1. The van der Waals surface area contributed by atoms with E-state index < -0.39 is 5.97 Å². The quantitative estimate of drug-likeness (QED) is 0.354. The van der Waals surface area contributed by atoms with Gasteiger partial charge in [-0.25, -0.2) is 0 Å². The predicted octanol–water partition coefficient (Wildman–Crippen LogP) is -1.49. The molecule has 3 N–H and O–H groups in total. The van der Waals surface area contributed by atoms with E-state index in [0.717, 1.165) is 0 Å². The molecule has 0 atom stereocenters. The van der Waals surface area contributed by atoms with Gasteiger partial charge in [0.15, 0.2) is 0 Å². The van der Waals surface area contributed by atoms with Gasteiger partial charge in [0.25, 0.3) is 0 Å². The SMILES string of the molecule is NCC(=O)OCCOCCOCCO. The first-order valence-electron chi connectivity index (χ1n) is 4.43. The molecule has 0 aliphatic carbocycles. The van der Waals surface area contributed by atoms with Crippen molar-refractivity contribution in [3.8, 4) is 0 Å². The second-order valence-electron chi connectivity index (χ2n) is 2.37. The number of hydrogen-bond donors (Lipinski definition) is 2. The molecule has 0 aromatic carbocycles. The Morgan fingerprint density at radius 2 is 1.64 bits per heavy atom. The lowest BCUT2D eigenvalue weighted by Crippen LogP contribution is -2.19. The second kappa shape index (κ2) is 10.4. The Kier molecular flexibility index (Phi) is 9.88. The smallest absolute Gasteiger partial charge is 0.319 e. The highest BCUT2D eigenvalue weighted by Gasteiger charge is 1.97. The third-order valence-electron chi connectivity index (χ3n) is 1.27. The molecule has 0 aromatic rings. The summed E-state index contributed by atoms with van der Waals surface area (Å²) in [6.45, 7) is 1.58. The van der Waals surface area contributed by atoms with Crippen LogP contribution in [0, 0.1) is 0 Å². The van der Waals surface area contributed by atoms with Crippen molar-refractivity contribution < 1.29 is 24.1 Å². The van der Waals surface area contributed by atoms with Crippen molar-refractivity contribution >= 4 is 5.97 Å². The first kappa shape index (κ1) is 13.3. The van der Waals surface area contributed by atoms with Crippen LogP contribution in [-0.2, 0) is 19.0 Å². The number of aliphatic hydroxyl groups is 1. The van der Waals surface area contributed by atoms with Crippen molar-refractivity contribution in [2.45, 2.75) is 0 Å². The zero-order valence-electron chi connectivity index (χ0n) is 8.11. The lowest BCUT2D eigenvalue weighted by atomic mass is 10.6. The third-order valence-corrected chi connectivity index (χ3v) is 1.27. The number of nitrogens with two attached hydrogens (primary N) is 1. The number of ether oxygens (including phenoxy) is 3. The van der Waals surface area contributed by atoms with E-state index in [1.165, 1.54) is 0 Å². The Morgan fingerprint density at radius 1 is 1.07 bits per heavy atom. The van der Waals surface area contributed by atoms with Gasteiger partial charge in [0, 0.05) is 0 Å². The highest BCUT2D eigenvalue weighted by atomic mass is 16.6. The Morgan fingerprint density at radius 3 is 2.21 bits per heavy atom. The van der Waals surface area contributed by atoms with Crippen LogP contribution in [0.4, 0.5) is 0 Å². The zero-order valence-corrected chi connectivity index (χ0v) is 8.11. The highest BCUT2D eigenvalue weighted by Crippen LogP contribution is 1.81. The second-order valence-corrected chi connectivity index (χ2v) is 2.37. The standard InChI is InChI=1S/C8H17NO5/c9-7-8(11)14-6-5-13-4-3-12-2-1-10/h10H,1-7,9H2. The van der Waals surface area contributed by atoms with Gasteiger partial charge >= 0.3 is 5.97 Å². The molecule has 0 unspecified atom stereocenters. The maximum absolute atomic E-state index is 10.5. The molecule has 0 aromatic heterocycles. The molecule has 0 bridgehead atoms. The molecule has 0 rings (SSSR count). The van der Waals surface area contributed by atoms with E-state index in [0.29, 0.717) is 26.4 Å². The van der Waals surface area contributed by atoms with Gasteiger partial charge < -0.3 is 25.1 Å². The van der Waals surface area contributed by atoms with Crippen molar-refractivity contribution in [2.24, 2.45) is 5.73 Å². The summed E-state index contributed by atoms with van der Waals surface area (Å²) in [5, 5.41) is 8.36. The van der Waals surface area contributed by atoms with Gasteiger partial charge in [-0.3, -0.25) is 4.79 Å². The maximum Gasteiger partial charge on any atom is 0.319 e. The van der Waals surface area contributed by atoms with Crippen LogP contribution in [0.5, 0.6) is 0 Å². The van der Waals surface area contributed by atoms with Crippen LogP contribution in [0.15, 0.2) is 0 Å². The van der Waals surface area contributed by atoms with Crippen LogP contribution in [-0.4, -0.2) is 57.3 Å². The van der Waals surface area contributed by atoms with Crippen LogP contribution >= 0.6 is 0 Å². The maximum atomic E-state index is 10.5. The average molecular weight is 207 g/mol. The van der Waals surface area contributed by atoms with Crippen molar-refractivity contribution in [1.29, 1.82) is 0 Å². The first-order chi connectivity index (χ1) is 6.81. The van der Waals surface area contributed by atoms with E-state index in [1.54, 1.807) is 0 Å². The fourth-order valence-electron chi connectivity index (χ4n) is 0.660. The summed E-state index contributed by atoms with van der Waals surface area (Å²) in [5.41, 5.74) is 5.01. The molecule has 0 saturated carbocycles. The lowest BCUT2D eigenvalue weighted by Gasteiger charge is -2.05. The monoisotopic (exact) mass is 207 g/mol. The van der Waals surface area contributed by atoms with Crippen molar-refractivity contribution in [2.75, 3.05) is 46.2 Å². The molecule has 0 aliphatic heterocycles. The molecule has 0 aliphatic rings. The van der Waals surface area contributed by atoms with Gasteiger partial charge in [0.05, 0.1) is 39.6 Å². The molecule has 84 valence electrons. The summed E-state index contributed by atoms with van der Waals surface area (Å²) in [7, 11) is 0. The largest absolute Gasteiger partial charge is 0.462 e. The minimum atomic E-state index is -0.440. The van der Waals surface area contributed by atoms with E-state index in [1.807, 2.05) is 0 Å². The number of rotatable bonds is 9. The normalized spacial score (nSPS) is 10.1. The molecule has 6 nitrogen and oxygen atoms in total. The molecule has 0 amide bonds. The van der Waals surface area contributed by atoms with E-state index in [2.05, 4.69) is 4.74 Å². The van der Waals surface area contributed by atoms with E-state index in [-0.39, 0.29) is 19.8 Å². The molecule has 0 fully saturated rings. The van der Waals surface area contributed by atoms with Crippen molar-refractivity contribution in [1.82, 2.24) is 0 Å². The Bertz CT molecular complexity index is 142. The van der Waals surface area contributed by atoms with Gasteiger partial charge in [-0.1, -0.05) is 0 Å². The molecule has 0 radical (unpaired) electrons. The van der Waals surface area contributed by atoms with Gasteiger partial charge in [-0.05, 0) is 0 Å². The molecular weight excluding hydrogens is 190 g/mol. The lowest BCUT2D eigenvalue weighted by molar-refractivity contribution is -0.143. The molecule has 14 heavy (non-hydrogen) atoms. The molecule has 0 saturated heterocycles. The summed E-state index contributed by atoms with van der Waals surface area (Å²) in [5.74, 6) is -0.440. The third kappa shape index (κ3) is 9.40. The minimum absolute atomic E-state index is 0.00805. The highest BCUT2D eigenvalue weighted by molar-refractivity contribution is 5.71. The topological polar surface area (TPSA) is 91.0 Å². The van der Waals surface area contributed by atoms with Crippen LogP contribution < -0.4 is 5.73 Å². The van der Waals surface area contributed by atoms with E-state index in [4.69, 9.17) is 20.3 Å². The van der Waals surface area contributed by atoms with Crippen molar-refractivity contribution in [3.63, 3.8) is 0 Å². The van der Waals surface area contributed by atoms with Crippen LogP contribution in [0.25, 0.3) is 0 Å². The molecular formula is C8H17NO5. The molecule has 0 spiro atoms. The van der Waals surface area contributed by atoms with Gasteiger partial charge in [0.2, 0.25) is 0 Å². The zero-order chi connectivity index (χ0) is 10.6. The van der Waals surface area contributed by atoms with Gasteiger partial charge in [-0.2, -0.15) is 0 Å². The Balaban J connectivity index is 2.95. The van der Waals surface area contributed by atoms with Crippen molar-refractivity contribution in [3.05, 3.63) is 0 Å². The van der Waals surface area contributed by atoms with Gasteiger partial charge in [-0.15, -0.1) is 0 Å². The summed E-state index contributed by atoms with van der Waals surface area (Å²) in [4.78, 5) is 10.5. The van der Waals surface area contributed by atoms with Gasteiger partial charge in [0.1, 0.15) is 6.61 Å². The number of esters is 1. The number of carbonyl (C=O) groups is 1. The summed E-state index contributed by atoms with van der Waals surface area (Å²) in [6, 6.07) is 0. The number of hydrogen-bond acceptors (Lipinski definition) is 6. The van der Waals surface area contributed by atoms with Crippen LogP contribution in [0.3, 0.4) is 0 Å². The summed E-state index contributed by atoms with van der Waals surface area (Å²) < 4.78 is 14.6. The summed E-state index contributed by atoms with van der Waals surface area (Å²) in [6.07, 6.45) is 0. The first-order valence-corrected chi connectivity index (χ1v) is 4.43. The van der Waals surface area contributed by atoms with Crippen LogP contribution in [0.1, 0.15) is 0 Å². The number of carbonyl (C=O) groups excluding carboxylic acids is 1. The Hall–Kier alpha value is -0.690. The predicted molar refractivity (Wildman–Crippen MR) is 48.7 cm³/mol. The average Bonchev–Trinajstić information content (AvgIpc) is 2.21. The Labute approximate surface area is 82.9 Å². The fourth-order valence-corrected chi connectivity index (χ4v) is 0.660. The fraction of sp³-hybridized carbons (Fsp3) is 0.875. The molecule has 6 heteroatoms. The van der Waals surface area contributed by atoms with Crippen LogP contribution in [0.2, 0.25) is 0 Å². The summed E-state index contributed by atoms with van der Waals surface area (Å²) >= 11 is 0. The molecule has 0 heterocycles.